The molecule has 1 aliphatic carbocycles. The predicted molar refractivity (Wildman–Crippen MR) is 84.6 cm³/mol. The number of nitrogens with two attached hydrogens (primary N) is 1. The fourth-order valence-corrected chi connectivity index (χ4v) is 2.81. The normalized spacial score (nSPS) is 17.8. The number of carbonyl (C=O) groups is 2. The lowest BCUT2D eigenvalue weighted by Crippen LogP contribution is -2.46. The second-order valence-electron chi connectivity index (χ2n) is 6.82. The number of carboxylic acid groups (broad SMARTS) is 1. The molecule has 1 rings (SSSR count). The summed E-state index contributed by atoms with van der Waals surface area (Å²) in [5.41, 5.74) is 4.69. The van der Waals surface area contributed by atoms with Crippen molar-refractivity contribution in [1.82, 2.24) is 5.32 Å². The number of rotatable bonds is 8. The van der Waals surface area contributed by atoms with Gasteiger partial charge in [-0.15, -0.1) is 0 Å². The lowest BCUT2D eigenvalue weighted by Gasteiger charge is -2.25. The van der Waals surface area contributed by atoms with E-state index in [1.54, 1.807) is 13.8 Å². The number of amides is 1. The smallest absolute Gasteiger partial charge is 0.408 e. The zero-order chi connectivity index (χ0) is 16.6. The van der Waals surface area contributed by atoms with E-state index in [1.165, 1.54) is 32.1 Å². The quantitative estimate of drug-likeness (QED) is 0.639. The molecule has 0 aromatic rings. The fourth-order valence-electron chi connectivity index (χ4n) is 2.81. The van der Waals surface area contributed by atoms with E-state index in [4.69, 9.17) is 10.5 Å². The Morgan fingerprint density at radius 3 is 2.50 bits per heavy atom. The third kappa shape index (κ3) is 7.11. The molecular formula is C16H30N2O4. The molecule has 0 aromatic carbocycles. The Morgan fingerprint density at radius 2 is 1.95 bits per heavy atom. The number of carbonyl (C=O) groups excluding carboxylic acids is 1. The lowest BCUT2D eigenvalue weighted by molar-refractivity contribution is -0.139. The third-order valence-electron chi connectivity index (χ3n) is 4.28. The van der Waals surface area contributed by atoms with Gasteiger partial charge in [0.1, 0.15) is 11.6 Å². The highest BCUT2D eigenvalue weighted by atomic mass is 16.6. The van der Waals surface area contributed by atoms with Crippen LogP contribution in [0.4, 0.5) is 4.79 Å². The molecule has 0 heterocycles. The highest BCUT2D eigenvalue weighted by Crippen LogP contribution is 2.27. The molecule has 1 atom stereocenters. The molecule has 0 aliphatic heterocycles. The average Bonchev–Trinajstić information content (AvgIpc) is 2.46. The molecule has 128 valence electrons. The highest BCUT2D eigenvalue weighted by Gasteiger charge is 2.25. The zero-order valence-electron chi connectivity index (χ0n) is 13.8. The van der Waals surface area contributed by atoms with E-state index in [0.29, 0.717) is 12.3 Å². The van der Waals surface area contributed by atoms with Gasteiger partial charge in [-0.3, -0.25) is 0 Å². The number of ether oxygens (including phenoxy) is 1. The number of aliphatic carboxylic acids is 1. The predicted octanol–water partition coefficient (Wildman–Crippen LogP) is 2.65. The summed E-state index contributed by atoms with van der Waals surface area (Å²) in [5.74, 6) is -0.308. The van der Waals surface area contributed by atoms with Gasteiger partial charge < -0.3 is 20.9 Å². The molecule has 0 saturated heterocycles. The molecule has 0 radical (unpaired) electrons. The summed E-state index contributed by atoms with van der Waals surface area (Å²) in [6.45, 7) is 3.55. The molecule has 1 fully saturated rings. The summed E-state index contributed by atoms with van der Waals surface area (Å²) in [6.07, 6.45) is 7.94. The molecule has 0 aromatic heterocycles. The van der Waals surface area contributed by atoms with E-state index in [0.717, 1.165) is 12.8 Å². The van der Waals surface area contributed by atoms with Crippen molar-refractivity contribution in [3.63, 3.8) is 0 Å². The molecule has 4 N–H and O–H groups in total. The van der Waals surface area contributed by atoms with Crippen LogP contribution in [0.3, 0.4) is 0 Å². The van der Waals surface area contributed by atoms with Crippen LogP contribution in [0.5, 0.6) is 0 Å². The van der Waals surface area contributed by atoms with Gasteiger partial charge in [0.2, 0.25) is 0 Å². The third-order valence-corrected chi connectivity index (χ3v) is 4.28. The van der Waals surface area contributed by atoms with E-state index in [2.05, 4.69) is 5.32 Å². The Morgan fingerprint density at radius 1 is 1.32 bits per heavy atom. The average molecular weight is 314 g/mol. The second kappa shape index (κ2) is 8.98. The summed E-state index contributed by atoms with van der Waals surface area (Å²) in [6, 6.07) is -0.898. The Balaban J connectivity index is 2.35. The topological polar surface area (TPSA) is 102 Å². The van der Waals surface area contributed by atoms with Gasteiger partial charge in [-0.2, -0.15) is 0 Å². The van der Waals surface area contributed by atoms with Crippen LogP contribution in [0, 0.1) is 5.92 Å². The van der Waals surface area contributed by atoms with Gasteiger partial charge in [0, 0.05) is 6.54 Å². The van der Waals surface area contributed by atoms with Crippen molar-refractivity contribution in [3.05, 3.63) is 0 Å². The van der Waals surface area contributed by atoms with Crippen molar-refractivity contribution in [2.24, 2.45) is 11.7 Å². The van der Waals surface area contributed by atoms with E-state index < -0.39 is 23.7 Å². The van der Waals surface area contributed by atoms with Crippen LogP contribution in [0.25, 0.3) is 0 Å². The second-order valence-corrected chi connectivity index (χ2v) is 6.82. The van der Waals surface area contributed by atoms with Gasteiger partial charge in [0.05, 0.1) is 0 Å². The van der Waals surface area contributed by atoms with Gasteiger partial charge in [0.15, 0.2) is 0 Å². The van der Waals surface area contributed by atoms with Gasteiger partial charge >= 0.3 is 12.1 Å². The summed E-state index contributed by atoms with van der Waals surface area (Å²) in [7, 11) is 0. The van der Waals surface area contributed by atoms with Gasteiger partial charge in [-0.05, 0) is 26.2 Å². The number of nitrogens with one attached hydrogen (secondary N) is 1. The molecule has 1 amide bonds. The van der Waals surface area contributed by atoms with Crippen LogP contribution >= 0.6 is 0 Å². The number of hydrogen-bond acceptors (Lipinski definition) is 4. The van der Waals surface area contributed by atoms with Crippen molar-refractivity contribution in [2.75, 3.05) is 6.54 Å². The van der Waals surface area contributed by atoms with Crippen LogP contribution in [-0.4, -0.2) is 35.4 Å². The van der Waals surface area contributed by atoms with Gasteiger partial charge in [-0.1, -0.05) is 44.9 Å². The van der Waals surface area contributed by atoms with E-state index >= 15 is 0 Å². The zero-order valence-corrected chi connectivity index (χ0v) is 13.8. The van der Waals surface area contributed by atoms with Crippen molar-refractivity contribution in [3.8, 4) is 0 Å². The highest BCUT2D eigenvalue weighted by molar-refractivity contribution is 5.79. The SMILES string of the molecule is CC(C)(CN)OC(=O)NC(CCCC1CCCCC1)C(=O)O. The summed E-state index contributed by atoms with van der Waals surface area (Å²) in [5, 5.41) is 11.6. The molecule has 6 heteroatoms. The molecule has 22 heavy (non-hydrogen) atoms. The van der Waals surface area contributed by atoms with Crippen LogP contribution in [0.2, 0.25) is 0 Å². The molecule has 1 aliphatic rings. The van der Waals surface area contributed by atoms with Gasteiger partial charge in [-0.25, -0.2) is 9.59 Å². The monoisotopic (exact) mass is 314 g/mol. The molecule has 6 nitrogen and oxygen atoms in total. The van der Waals surface area contributed by atoms with Crippen LogP contribution in [-0.2, 0) is 9.53 Å². The first-order valence-corrected chi connectivity index (χ1v) is 8.26. The van der Waals surface area contributed by atoms with Crippen molar-refractivity contribution in [2.45, 2.75) is 76.9 Å². The number of hydrogen-bond donors (Lipinski definition) is 3. The summed E-state index contributed by atoms with van der Waals surface area (Å²) in [4.78, 5) is 23.0. The minimum absolute atomic E-state index is 0.180. The summed E-state index contributed by atoms with van der Waals surface area (Å²) < 4.78 is 5.13. The number of alkyl carbamates (subject to hydrolysis) is 1. The number of carboxylic acids is 1. The van der Waals surface area contributed by atoms with Crippen LogP contribution in [0.15, 0.2) is 0 Å². The first-order valence-electron chi connectivity index (χ1n) is 8.26. The van der Waals surface area contributed by atoms with E-state index in [1.807, 2.05) is 0 Å². The standard InChI is InChI=1S/C16H30N2O4/c1-16(2,11-17)22-15(21)18-13(14(19)20)10-6-9-12-7-4-3-5-8-12/h12-13H,3-11,17H2,1-2H3,(H,18,21)(H,19,20). The molecule has 1 saturated carbocycles. The first-order chi connectivity index (χ1) is 10.3. The minimum atomic E-state index is -1.02. The maximum absolute atomic E-state index is 11.7. The lowest BCUT2D eigenvalue weighted by atomic mass is 9.85. The Labute approximate surface area is 132 Å². The van der Waals surface area contributed by atoms with Crippen molar-refractivity contribution < 1.29 is 19.4 Å². The molecule has 0 spiro atoms. The molecule has 0 bridgehead atoms. The van der Waals surface area contributed by atoms with Crippen molar-refractivity contribution >= 4 is 12.1 Å². The van der Waals surface area contributed by atoms with Crippen LogP contribution in [0.1, 0.15) is 65.2 Å². The first kappa shape index (κ1) is 18.7. The van der Waals surface area contributed by atoms with E-state index in [9.17, 15) is 14.7 Å². The Kier molecular flexibility index (Phi) is 7.65. The Bertz CT molecular complexity index is 365. The molecular weight excluding hydrogens is 284 g/mol. The maximum Gasteiger partial charge on any atom is 0.408 e. The van der Waals surface area contributed by atoms with Crippen molar-refractivity contribution in [1.29, 1.82) is 0 Å². The Hall–Kier alpha value is -1.30. The maximum atomic E-state index is 11.7. The largest absolute Gasteiger partial charge is 0.480 e. The van der Waals surface area contributed by atoms with Crippen LogP contribution < -0.4 is 11.1 Å². The fraction of sp³-hybridized carbons (Fsp3) is 0.875. The summed E-state index contributed by atoms with van der Waals surface area (Å²) >= 11 is 0. The van der Waals surface area contributed by atoms with Gasteiger partial charge in [0.25, 0.3) is 0 Å². The molecule has 1 unspecified atom stereocenters. The van der Waals surface area contributed by atoms with E-state index in [-0.39, 0.29) is 6.54 Å². The minimum Gasteiger partial charge on any atom is -0.480 e.